The molecule has 0 saturated heterocycles. The van der Waals surface area contributed by atoms with Crippen molar-refractivity contribution in [2.45, 2.75) is 19.8 Å². The maximum atomic E-state index is 5.97. The van der Waals surface area contributed by atoms with Crippen LogP contribution in [-0.2, 0) is 0 Å². The van der Waals surface area contributed by atoms with Gasteiger partial charge in [0.1, 0.15) is 5.82 Å². The number of aromatic nitrogens is 4. The Morgan fingerprint density at radius 3 is 2.53 bits per heavy atom. The lowest BCUT2D eigenvalue weighted by Crippen LogP contribution is -2.05. The number of imidazole rings is 1. The van der Waals surface area contributed by atoms with Gasteiger partial charge in [0.2, 0.25) is 0 Å². The maximum Gasteiger partial charge on any atom is 0.176 e. The summed E-state index contributed by atoms with van der Waals surface area (Å²) in [5, 5.41) is 0.386. The van der Waals surface area contributed by atoms with Crippen LogP contribution in [0.25, 0.3) is 5.82 Å². The molecule has 0 bridgehead atoms. The van der Waals surface area contributed by atoms with E-state index in [9.17, 15) is 0 Å². The molecular formula is C10H11ClN4. The smallest absolute Gasteiger partial charge is 0.176 e. The first-order chi connectivity index (χ1) is 7.20. The van der Waals surface area contributed by atoms with Gasteiger partial charge in [-0.05, 0) is 0 Å². The summed E-state index contributed by atoms with van der Waals surface area (Å²) in [6.07, 6.45) is 6.76. The molecule has 0 amide bonds. The Hall–Kier alpha value is -1.42. The van der Waals surface area contributed by atoms with Crippen molar-refractivity contribution < 1.29 is 0 Å². The van der Waals surface area contributed by atoms with Crippen LogP contribution in [0.4, 0.5) is 0 Å². The zero-order chi connectivity index (χ0) is 10.8. The molecule has 4 nitrogen and oxygen atoms in total. The lowest BCUT2D eigenvalue weighted by molar-refractivity contribution is 0.742. The number of nitrogens with zero attached hydrogens (tertiary/aromatic N) is 4. The van der Waals surface area contributed by atoms with Crippen molar-refractivity contribution in [3.63, 3.8) is 0 Å². The summed E-state index contributed by atoms with van der Waals surface area (Å²) in [4.78, 5) is 12.5. The van der Waals surface area contributed by atoms with Gasteiger partial charge in [-0.25, -0.2) is 15.0 Å². The van der Waals surface area contributed by atoms with Crippen LogP contribution in [-0.4, -0.2) is 19.5 Å². The first-order valence-corrected chi connectivity index (χ1v) is 5.08. The Balaban J connectivity index is 2.55. The van der Waals surface area contributed by atoms with Crippen molar-refractivity contribution in [1.82, 2.24) is 19.5 Å². The number of hydrogen-bond acceptors (Lipinski definition) is 3. The second kappa shape index (κ2) is 3.98. The highest BCUT2D eigenvalue weighted by Gasteiger charge is 2.12. The van der Waals surface area contributed by atoms with Gasteiger partial charge in [0.15, 0.2) is 11.0 Å². The van der Waals surface area contributed by atoms with E-state index in [0.717, 1.165) is 5.82 Å². The summed E-state index contributed by atoms with van der Waals surface area (Å²) >= 11 is 5.97. The molecule has 2 heterocycles. The highest BCUT2D eigenvalue weighted by Crippen LogP contribution is 2.20. The van der Waals surface area contributed by atoms with E-state index in [1.807, 2.05) is 10.8 Å². The van der Waals surface area contributed by atoms with E-state index in [1.54, 1.807) is 18.6 Å². The highest BCUT2D eigenvalue weighted by atomic mass is 35.5. The highest BCUT2D eigenvalue weighted by molar-refractivity contribution is 6.30. The van der Waals surface area contributed by atoms with Gasteiger partial charge in [-0.1, -0.05) is 25.4 Å². The molecule has 0 aromatic carbocycles. The molecule has 0 unspecified atom stereocenters. The van der Waals surface area contributed by atoms with Gasteiger partial charge in [0.25, 0.3) is 0 Å². The van der Waals surface area contributed by atoms with E-state index in [0.29, 0.717) is 16.9 Å². The van der Waals surface area contributed by atoms with Gasteiger partial charge in [-0.15, -0.1) is 0 Å². The van der Waals surface area contributed by atoms with Gasteiger partial charge in [0.05, 0.1) is 0 Å². The Morgan fingerprint density at radius 1 is 1.13 bits per heavy atom. The minimum Gasteiger partial charge on any atom is -0.285 e. The average Bonchev–Trinajstić information content (AvgIpc) is 2.67. The Bertz CT molecular complexity index is 464. The van der Waals surface area contributed by atoms with E-state index in [4.69, 9.17) is 11.6 Å². The third-order valence-corrected chi connectivity index (χ3v) is 2.32. The van der Waals surface area contributed by atoms with Crippen LogP contribution in [0.5, 0.6) is 0 Å². The summed E-state index contributed by atoms with van der Waals surface area (Å²) in [6.45, 7) is 4.15. The standard InChI is InChI=1S/C10H11ClN4/c1-7(2)9-14-5-6-15(9)10-8(11)12-3-4-13-10/h3-7H,1-2H3. The largest absolute Gasteiger partial charge is 0.285 e. The van der Waals surface area contributed by atoms with E-state index < -0.39 is 0 Å². The van der Waals surface area contributed by atoms with E-state index >= 15 is 0 Å². The fourth-order valence-corrected chi connectivity index (χ4v) is 1.59. The molecule has 0 saturated carbocycles. The summed E-state index contributed by atoms with van der Waals surface area (Å²) in [5.41, 5.74) is 0. The number of rotatable bonds is 2. The topological polar surface area (TPSA) is 43.6 Å². The van der Waals surface area contributed by atoms with Crippen molar-refractivity contribution >= 4 is 11.6 Å². The van der Waals surface area contributed by atoms with E-state index in [-0.39, 0.29) is 0 Å². The van der Waals surface area contributed by atoms with Crippen molar-refractivity contribution in [1.29, 1.82) is 0 Å². The molecule has 78 valence electrons. The van der Waals surface area contributed by atoms with Crippen LogP contribution in [0.3, 0.4) is 0 Å². The van der Waals surface area contributed by atoms with Crippen LogP contribution in [0.2, 0.25) is 5.15 Å². The first kappa shape index (κ1) is 10.1. The van der Waals surface area contributed by atoms with Gasteiger partial charge < -0.3 is 0 Å². The molecule has 0 atom stereocenters. The zero-order valence-corrected chi connectivity index (χ0v) is 9.31. The molecule has 0 N–H and O–H groups in total. The Kier molecular flexibility index (Phi) is 2.68. The molecule has 2 aromatic heterocycles. The molecule has 0 radical (unpaired) electrons. The molecular weight excluding hydrogens is 212 g/mol. The zero-order valence-electron chi connectivity index (χ0n) is 8.55. The molecule has 2 rings (SSSR count). The summed E-state index contributed by atoms with van der Waals surface area (Å²) in [6, 6.07) is 0. The Morgan fingerprint density at radius 2 is 1.87 bits per heavy atom. The minimum absolute atomic E-state index is 0.318. The van der Waals surface area contributed by atoms with Crippen LogP contribution in [0, 0.1) is 0 Å². The fraction of sp³-hybridized carbons (Fsp3) is 0.300. The third kappa shape index (κ3) is 1.85. The molecule has 0 aliphatic heterocycles. The van der Waals surface area contributed by atoms with Gasteiger partial charge in [-0.3, -0.25) is 4.57 Å². The normalized spacial score (nSPS) is 10.9. The van der Waals surface area contributed by atoms with Gasteiger partial charge in [0, 0.05) is 30.7 Å². The van der Waals surface area contributed by atoms with E-state index in [1.165, 1.54) is 0 Å². The molecule has 0 aliphatic carbocycles. The summed E-state index contributed by atoms with van der Waals surface area (Å²) < 4.78 is 1.86. The molecule has 2 aromatic rings. The maximum absolute atomic E-state index is 5.97. The van der Waals surface area contributed by atoms with Crippen LogP contribution >= 0.6 is 11.6 Å². The second-order valence-corrected chi connectivity index (χ2v) is 3.84. The van der Waals surface area contributed by atoms with E-state index in [2.05, 4.69) is 28.8 Å². The minimum atomic E-state index is 0.318. The van der Waals surface area contributed by atoms with Crippen LogP contribution < -0.4 is 0 Å². The number of hydrogen-bond donors (Lipinski definition) is 0. The lowest BCUT2D eigenvalue weighted by atomic mass is 10.2. The summed E-state index contributed by atoms with van der Waals surface area (Å²) in [5.74, 6) is 1.87. The lowest BCUT2D eigenvalue weighted by Gasteiger charge is -2.09. The van der Waals surface area contributed by atoms with Crippen molar-refractivity contribution in [3.8, 4) is 5.82 Å². The molecule has 15 heavy (non-hydrogen) atoms. The summed E-state index contributed by atoms with van der Waals surface area (Å²) in [7, 11) is 0. The van der Waals surface area contributed by atoms with Crippen molar-refractivity contribution in [2.75, 3.05) is 0 Å². The molecule has 0 fully saturated rings. The fourth-order valence-electron chi connectivity index (χ4n) is 1.40. The monoisotopic (exact) mass is 222 g/mol. The predicted molar refractivity (Wildman–Crippen MR) is 58.3 cm³/mol. The molecule has 0 spiro atoms. The van der Waals surface area contributed by atoms with Gasteiger partial charge in [-0.2, -0.15) is 0 Å². The Labute approximate surface area is 93.0 Å². The first-order valence-electron chi connectivity index (χ1n) is 4.70. The SMILES string of the molecule is CC(C)c1nccn1-c1nccnc1Cl. The number of halogens is 1. The predicted octanol–water partition coefficient (Wildman–Crippen LogP) is 2.44. The van der Waals surface area contributed by atoms with Crippen LogP contribution in [0.1, 0.15) is 25.6 Å². The molecule has 0 aliphatic rings. The second-order valence-electron chi connectivity index (χ2n) is 3.48. The van der Waals surface area contributed by atoms with Crippen molar-refractivity contribution in [3.05, 3.63) is 35.8 Å². The quantitative estimate of drug-likeness (QED) is 0.784. The van der Waals surface area contributed by atoms with Gasteiger partial charge >= 0.3 is 0 Å². The van der Waals surface area contributed by atoms with Crippen molar-refractivity contribution in [2.24, 2.45) is 0 Å². The molecule has 5 heteroatoms. The average molecular weight is 223 g/mol. The third-order valence-electron chi connectivity index (χ3n) is 2.05. The van der Waals surface area contributed by atoms with Crippen LogP contribution in [0.15, 0.2) is 24.8 Å².